The number of nitrogens with one attached hydrogen (secondary N) is 3. The number of amides is 3. The van der Waals surface area contributed by atoms with E-state index in [0.717, 1.165) is 0 Å². The van der Waals surface area contributed by atoms with Crippen molar-refractivity contribution in [2.24, 2.45) is 11.7 Å². The van der Waals surface area contributed by atoms with Crippen LogP contribution in [0.25, 0.3) is 0 Å². The Bertz CT molecular complexity index is 884. The first-order valence-electron chi connectivity index (χ1n) is 11.3. The van der Waals surface area contributed by atoms with Crippen LogP contribution in [0.2, 0.25) is 0 Å². The maximum atomic E-state index is 12.9. The fourth-order valence-corrected chi connectivity index (χ4v) is 3.36. The summed E-state index contributed by atoms with van der Waals surface area (Å²) >= 11 is 4.13. The molecule has 7 N–H and O–H groups in total. The Hall–Kier alpha value is -3.12. The summed E-state index contributed by atoms with van der Waals surface area (Å²) in [5.74, 6) is -4.82. The van der Waals surface area contributed by atoms with Crippen molar-refractivity contribution in [3.05, 3.63) is 35.9 Å². The monoisotopic (exact) mass is 510 g/mol. The number of benzene rings is 1. The normalized spacial score (nSPS) is 15.1. The number of carbonyl (C=O) groups is 5. The molecule has 0 aromatic heterocycles. The standard InChI is InChI=1S/C23H34N4O7S/c1-3-13(2)19(24)22(32)27-17(12-35)21(31)26-16(11-14-7-5-4-6-8-14)20(30)25-15(23(33)34)9-10-18(28)29/h4-8,13,15-17,19,35H,3,9-12,24H2,1-2H3,(H,25,30)(H,26,31)(H,27,32)(H,28,29)(H,33,34). The molecule has 5 atom stereocenters. The van der Waals surface area contributed by atoms with Gasteiger partial charge in [0.05, 0.1) is 6.04 Å². The van der Waals surface area contributed by atoms with Crippen LogP contribution in [0.1, 0.15) is 38.7 Å². The van der Waals surface area contributed by atoms with Crippen LogP contribution in [0.15, 0.2) is 30.3 Å². The molecule has 11 nitrogen and oxygen atoms in total. The van der Waals surface area contributed by atoms with Crippen molar-refractivity contribution in [3.8, 4) is 0 Å². The fourth-order valence-electron chi connectivity index (χ4n) is 3.10. The maximum absolute atomic E-state index is 12.9. The molecular weight excluding hydrogens is 476 g/mol. The van der Waals surface area contributed by atoms with Crippen molar-refractivity contribution in [3.63, 3.8) is 0 Å². The van der Waals surface area contributed by atoms with Crippen LogP contribution in [0, 0.1) is 5.92 Å². The van der Waals surface area contributed by atoms with Crippen molar-refractivity contribution >= 4 is 42.3 Å². The zero-order chi connectivity index (χ0) is 26.5. The van der Waals surface area contributed by atoms with Gasteiger partial charge in [0, 0.05) is 18.6 Å². The molecule has 0 bridgehead atoms. The van der Waals surface area contributed by atoms with Crippen molar-refractivity contribution in [2.45, 2.75) is 63.7 Å². The quantitative estimate of drug-likeness (QED) is 0.160. The first-order chi connectivity index (χ1) is 16.5. The van der Waals surface area contributed by atoms with E-state index in [-0.39, 0.29) is 24.5 Å². The van der Waals surface area contributed by atoms with E-state index >= 15 is 0 Å². The zero-order valence-corrected chi connectivity index (χ0v) is 20.7. The van der Waals surface area contributed by atoms with Gasteiger partial charge in [0.25, 0.3) is 0 Å². The summed E-state index contributed by atoms with van der Waals surface area (Å²) in [5.41, 5.74) is 6.62. The maximum Gasteiger partial charge on any atom is 0.326 e. The molecule has 0 heterocycles. The lowest BCUT2D eigenvalue weighted by molar-refractivity contribution is -0.143. The third kappa shape index (κ3) is 10.4. The molecular formula is C23H34N4O7S. The predicted molar refractivity (Wildman–Crippen MR) is 132 cm³/mol. The van der Waals surface area contributed by atoms with E-state index in [1.807, 2.05) is 13.8 Å². The van der Waals surface area contributed by atoms with Crippen molar-refractivity contribution in [2.75, 3.05) is 5.75 Å². The third-order valence-electron chi connectivity index (χ3n) is 5.55. The minimum Gasteiger partial charge on any atom is -0.481 e. The van der Waals surface area contributed by atoms with Crippen LogP contribution in [0.5, 0.6) is 0 Å². The second-order valence-electron chi connectivity index (χ2n) is 8.24. The number of nitrogens with two attached hydrogens (primary N) is 1. The van der Waals surface area contributed by atoms with Gasteiger partial charge in [0.2, 0.25) is 17.7 Å². The lowest BCUT2D eigenvalue weighted by Gasteiger charge is -2.25. The van der Waals surface area contributed by atoms with Gasteiger partial charge in [0.1, 0.15) is 18.1 Å². The van der Waals surface area contributed by atoms with Gasteiger partial charge in [-0.1, -0.05) is 50.6 Å². The van der Waals surface area contributed by atoms with E-state index in [1.165, 1.54) is 0 Å². The van der Waals surface area contributed by atoms with Gasteiger partial charge in [-0.2, -0.15) is 12.6 Å². The number of carboxylic acids is 2. The molecule has 0 fully saturated rings. The number of hydrogen-bond acceptors (Lipinski definition) is 7. The average Bonchev–Trinajstić information content (AvgIpc) is 2.83. The van der Waals surface area contributed by atoms with Gasteiger partial charge in [-0.3, -0.25) is 19.2 Å². The SMILES string of the molecule is CCC(C)C(N)C(=O)NC(CS)C(=O)NC(Cc1ccccc1)C(=O)NC(CCC(=O)O)C(=O)O. The van der Waals surface area contributed by atoms with Crippen molar-refractivity contribution in [1.29, 1.82) is 0 Å². The van der Waals surface area contributed by atoms with Crippen LogP contribution in [-0.2, 0) is 30.4 Å². The van der Waals surface area contributed by atoms with E-state index in [2.05, 4.69) is 28.6 Å². The first-order valence-corrected chi connectivity index (χ1v) is 11.9. The minimum atomic E-state index is -1.46. The molecule has 0 aliphatic heterocycles. The summed E-state index contributed by atoms with van der Waals surface area (Å²) in [6.07, 6.45) is -0.0933. The largest absolute Gasteiger partial charge is 0.481 e. The predicted octanol–water partition coefficient (Wildman–Crippen LogP) is -0.0639. The van der Waals surface area contributed by atoms with Gasteiger partial charge in [-0.25, -0.2) is 4.79 Å². The van der Waals surface area contributed by atoms with Crippen molar-refractivity contribution < 1.29 is 34.2 Å². The van der Waals surface area contributed by atoms with E-state index in [1.54, 1.807) is 30.3 Å². The summed E-state index contributed by atoms with van der Waals surface area (Å²) in [6.45, 7) is 3.69. The molecule has 0 aliphatic carbocycles. The number of thiol groups is 1. The summed E-state index contributed by atoms with van der Waals surface area (Å²) in [5, 5.41) is 25.6. The van der Waals surface area contributed by atoms with Gasteiger partial charge in [0.15, 0.2) is 0 Å². The molecule has 0 radical (unpaired) electrons. The lowest BCUT2D eigenvalue weighted by atomic mass is 9.99. The molecule has 0 aliphatic rings. The topological polar surface area (TPSA) is 188 Å². The molecule has 1 aromatic rings. The molecule has 0 saturated heterocycles. The fraction of sp³-hybridized carbons (Fsp3) is 0.522. The van der Waals surface area contributed by atoms with E-state index in [9.17, 15) is 29.1 Å². The van der Waals surface area contributed by atoms with Crippen LogP contribution in [-0.4, -0.2) is 69.8 Å². The highest BCUT2D eigenvalue weighted by atomic mass is 32.1. The van der Waals surface area contributed by atoms with Crippen LogP contribution < -0.4 is 21.7 Å². The van der Waals surface area contributed by atoms with Crippen LogP contribution in [0.3, 0.4) is 0 Å². The molecule has 0 saturated carbocycles. The van der Waals surface area contributed by atoms with Gasteiger partial charge in [-0.15, -0.1) is 0 Å². The average molecular weight is 511 g/mol. The number of carbonyl (C=O) groups excluding carboxylic acids is 3. The van der Waals surface area contributed by atoms with E-state index in [4.69, 9.17) is 10.8 Å². The first kappa shape index (κ1) is 29.9. The van der Waals surface area contributed by atoms with Crippen LogP contribution in [0.4, 0.5) is 0 Å². The van der Waals surface area contributed by atoms with E-state index < -0.39 is 60.2 Å². The molecule has 0 spiro atoms. The number of carboxylic acid groups (broad SMARTS) is 2. The smallest absolute Gasteiger partial charge is 0.326 e. The second kappa shape index (κ2) is 15.0. The Morgan fingerprint density at radius 3 is 1.97 bits per heavy atom. The summed E-state index contributed by atoms with van der Waals surface area (Å²) in [7, 11) is 0. The molecule has 1 aromatic carbocycles. The van der Waals surface area contributed by atoms with Gasteiger partial charge >= 0.3 is 11.9 Å². The van der Waals surface area contributed by atoms with Gasteiger partial charge < -0.3 is 31.9 Å². The highest BCUT2D eigenvalue weighted by Gasteiger charge is 2.30. The molecule has 5 unspecified atom stereocenters. The minimum absolute atomic E-state index is 0.0311. The van der Waals surface area contributed by atoms with Gasteiger partial charge in [-0.05, 0) is 17.9 Å². The molecule has 3 amide bonds. The molecule has 35 heavy (non-hydrogen) atoms. The Morgan fingerprint density at radius 2 is 1.46 bits per heavy atom. The Kier molecular flexibility index (Phi) is 12.8. The molecule has 194 valence electrons. The van der Waals surface area contributed by atoms with Crippen molar-refractivity contribution in [1.82, 2.24) is 16.0 Å². The summed E-state index contributed by atoms with van der Waals surface area (Å²) in [4.78, 5) is 60.6. The third-order valence-corrected chi connectivity index (χ3v) is 5.92. The Morgan fingerprint density at radius 1 is 0.914 bits per heavy atom. The Balaban J connectivity index is 3.02. The number of hydrogen-bond donors (Lipinski definition) is 7. The summed E-state index contributed by atoms with van der Waals surface area (Å²) in [6, 6.07) is 4.15. The number of aliphatic carboxylic acids is 2. The zero-order valence-electron chi connectivity index (χ0n) is 19.8. The lowest BCUT2D eigenvalue weighted by Crippen LogP contribution is -2.58. The Labute approximate surface area is 209 Å². The van der Waals surface area contributed by atoms with Crippen LogP contribution >= 0.6 is 12.6 Å². The summed E-state index contributed by atoms with van der Waals surface area (Å²) < 4.78 is 0. The second-order valence-corrected chi connectivity index (χ2v) is 8.60. The molecule has 1 rings (SSSR count). The number of rotatable bonds is 15. The van der Waals surface area contributed by atoms with E-state index in [0.29, 0.717) is 12.0 Å². The highest BCUT2D eigenvalue weighted by Crippen LogP contribution is 2.08. The highest BCUT2D eigenvalue weighted by molar-refractivity contribution is 7.80. The molecule has 12 heteroatoms.